The second-order valence-corrected chi connectivity index (χ2v) is 5.17. The quantitative estimate of drug-likeness (QED) is 0.516. The molecule has 0 unspecified atom stereocenters. The molecule has 0 saturated heterocycles. The third-order valence-corrected chi connectivity index (χ3v) is 3.29. The van der Waals surface area contributed by atoms with E-state index in [1.54, 1.807) is 19.1 Å². The maximum atomic E-state index is 11.9. The molecule has 0 aliphatic carbocycles. The number of amides is 1. The SMILES string of the molecule is Cc1ccc(NC(=O)Cc2ccc(S)cc2)cc1[N+](=O)[O-]. The van der Waals surface area contributed by atoms with Gasteiger partial charge in [0.2, 0.25) is 5.91 Å². The molecule has 0 atom stereocenters. The summed E-state index contributed by atoms with van der Waals surface area (Å²) in [5.74, 6) is -0.222. The van der Waals surface area contributed by atoms with Gasteiger partial charge in [0, 0.05) is 22.2 Å². The summed E-state index contributed by atoms with van der Waals surface area (Å²) in [6, 6.07) is 11.9. The molecule has 21 heavy (non-hydrogen) atoms. The van der Waals surface area contributed by atoms with Gasteiger partial charge in [-0.15, -0.1) is 12.6 Å². The summed E-state index contributed by atoms with van der Waals surface area (Å²) in [4.78, 5) is 23.2. The second-order valence-electron chi connectivity index (χ2n) is 4.65. The van der Waals surface area contributed by atoms with Crippen LogP contribution in [0.25, 0.3) is 0 Å². The Hall–Kier alpha value is -2.34. The molecule has 0 aliphatic rings. The van der Waals surface area contributed by atoms with Gasteiger partial charge in [-0.2, -0.15) is 0 Å². The highest BCUT2D eigenvalue weighted by Crippen LogP contribution is 2.22. The molecule has 0 saturated carbocycles. The van der Waals surface area contributed by atoms with Crippen LogP contribution in [0.5, 0.6) is 0 Å². The minimum Gasteiger partial charge on any atom is -0.326 e. The van der Waals surface area contributed by atoms with Crippen LogP contribution < -0.4 is 5.32 Å². The summed E-state index contributed by atoms with van der Waals surface area (Å²) < 4.78 is 0. The van der Waals surface area contributed by atoms with Crippen molar-refractivity contribution in [1.82, 2.24) is 0 Å². The molecule has 0 aliphatic heterocycles. The Bertz CT molecular complexity index is 684. The zero-order valence-electron chi connectivity index (χ0n) is 11.4. The Morgan fingerprint density at radius 1 is 1.24 bits per heavy atom. The lowest BCUT2D eigenvalue weighted by atomic mass is 10.1. The van der Waals surface area contributed by atoms with Crippen LogP contribution in [-0.2, 0) is 11.2 Å². The summed E-state index contributed by atoms with van der Waals surface area (Å²) in [5.41, 5.74) is 1.82. The van der Waals surface area contributed by atoms with Crippen LogP contribution in [0, 0.1) is 17.0 Å². The Morgan fingerprint density at radius 2 is 1.90 bits per heavy atom. The third kappa shape index (κ3) is 4.06. The monoisotopic (exact) mass is 302 g/mol. The van der Waals surface area contributed by atoms with Crippen molar-refractivity contribution in [3.8, 4) is 0 Å². The molecule has 108 valence electrons. The molecule has 2 rings (SSSR count). The predicted molar refractivity (Wildman–Crippen MR) is 83.9 cm³/mol. The highest BCUT2D eigenvalue weighted by molar-refractivity contribution is 7.80. The number of benzene rings is 2. The molecule has 5 nitrogen and oxygen atoms in total. The van der Waals surface area contributed by atoms with Gasteiger partial charge in [-0.3, -0.25) is 14.9 Å². The number of nitrogens with one attached hydrogen (secondary N) is 1. The van der Waals surface area contributed by atoms with Gasteiger partial charge in [0.25, 0.3) is 5.69 Å². The molecule has 1 N–H and O–H groups in total. The van der Waals surface area contributed by atoms with E-state index in [4.69, 9.17) is 0 Å². The van der Waals surface area contributed by atoms with Crippen molar-refractivity contribution in [2.45, 2.75) is 18.2 Å². The van der Waals surface area contributed by atoms with E-state index in [1.165, 1.54) is 6.07 Å². The van der Waals surface area contributed by atoms with Gasteiger partial charge in [0.05, 0.1) is 11.3 Å². The first-order valence-corrected chi connectivity index (χ1v) is 6.73. The molecule has 0 heterocycles. The lowest BCUT2D eigenvalue weighted by Crippen LogP contribution is -2.14. The smallest absolute Gasteiger partial charge is 0.274 e. The number of thiol groups is 1. The lowest BCUT2D eigenvalue weighted by Gasteiger charge is -2.06. The van der Waals surface area contributed by atoms with Crippen molar-refractivity contribution >= 4 is 29.9 Å². The van der Waals surface area contributed by atoms with Crippen LogP contribution in [0.3, 0.4) is 0 Å². The minimum absolute atomic E-state index is 0.00720. The zero-order valence-corrected chi connectivity index (χ0v) is 12.3. The summed E-state index contributed by atoms with van der Waals surface area (Å²) in [5, 5.41) is 13.5. The molecule has 0 aromatic heterocycles. The molecule has 0 radical (unpaired) electrons. The number of nitro benzene ring substituents is 1. The van der Waals surface area contributed by atoms with Gasteiger partial charge in [-0.25, -0.2) is 0 Å². The maximum absolute atomic E-state index is 11.9. The Kier molecular flexibility index (Phi) is 4.59. The second kappa shape index (κ2) is 6.41. The van der Waals surface area contributed by atoms with Crippen molar-refractivity contribution < 1.29 is 9.72 Å². The normalized spacial score (nSPS) is 10.2. The molecule has 0 spiro atoms. The van der Waals surface area contributed by atoms with Crippen LogP contribution in [0.2, 0.25) is 0 Å². The molecule has 2 aromatic rings. The number of hydrogen-bond acceptors (Lipinski definition) is 4. The van der Waals surface area contributed by atoms with Crippen molar-refractivity contribution in [3.05, 3.63) is 63.7 Å². The van der Waals surface area contributed by atoms with Crippen LogP contribution in [0.15, 0.2) is 47.4 Å². The zero-order chi connectivity index (χ0) is 15.4. The number of carbonyl (C=O) groups excluding carboxylic acids is 1. The van der Waals surface area contributed by atoms with Crippen LogP contribution in [-0.4, -0.2) is 10.8 Å². The number of aryl methyl sites for hydroxylation is 1. The third-order valence-electron chi connectivity index (χ3n) is 2.99. The molecule has 1 amide bonds. The minimum atomic E-state index is -0.462. The fourth-order valence-electron chi connectivity index (χ4n) is 1.89. The number of nitrogens with zero attached hydrogens (tertiary/aromatic N) is 1. The fraction of sp³-hybridized carbons (Fsp3) is 0.133. The predicted octanol–water partition coefficient (Wildman–Crippen LogP) is 3.37. The van der Waals surface area contributed by atoms with E-state index in [0.29, 0.717) is 11.3 Å². The van der Waals surface area contributed by atoms with Gasteiger partial charge in [-0.05, 0) is 30.7 Å². The Morgan fingerprint density at radius 3 is 2.52 bits per heavy atom. The largest absolute Gasteiger partial charge is 0.326 e. The van der Waals surface area contributed by atoms with Gasteiger partial charge in [0.15, 0.2) is 0 Å². The standard InChI is InChI=1S/C15H14N2O3S/c1-10-2-5-12(9-14(10)17(19)20)16-15(18)8-11-3-6-13(21)7-4-11/h2-7,9,21H,8H2,1H3,(H,16,18). The molecule has 0 bridgehead atoms. The lowest BCUT2D eigenvalue weighted by molar-refractivity contribution is -0.385. The summed E-state index contributed by atoms with van der Waals surface area (Å²) in [6.07, 6.45) is 0.204. The molecule has 6 heteroatoms. The molecular formula is C15H14N2O3S. The van der Waals surface area contributed by atoms with E-state index >= 15 is 0 Å². The van der Waals surface area contributed by atoms with E-state index in [1.807, 2.05) is 24.3 Å². The van der Waals surface area contributed by atoms with Gasteiger partial charge < -0.3 is 5.32 Å². The maximum Gasteiger partial charge on any atom is 0.274 e. The summed E-state index contributed by atoms with van der Waals surface area (Å²) in [6.45, 7) is 1.66. The first-order valence-electron chi connectivity index (χ1n) is 6.28. The average molecular weight is 302 g/mol. The first kappa shape index (κ1) is 15.1. The van der Waals surface area contributed by atoms with Gasteiger partial charge in [-0.1, -0.05) is 18.2 Å². The van der Waals surface area contributed by atoms with E-state index in [2.05, 4.69) is 17.9 Å². The molecule has 2 aromatic carbocycles. The highest BCUT2D eigenvalue weighted by Gasteiger charge is 2.12. The fourth-order valence-corrected chi connectivity index (χ4v) is 2.04. The van der Waals surface area contributed by atoms with Crippen LogP contribution in [0.4, 0.5) is 11.4 Å². The van der Waals surface area contributed by atoms with Crippen LogP contribution in [0.1, 0.15) is 11.1 Å². The number of hydrogen-bond donors (Lipinski definition) is 2. The number of carbonyl (C=O) groups is 1. The van der Waals surface area contributed by atoms with E-state index < -0.39 is 4.92 Å². The van der Waals surface area contributed by atoms with E-state index in [-0.39, 0.29) is 18.0 Å². The molecular weight excluding hydrogens is 288 g/mol. The van der Waals surface area contributed by atoms with Crippen molar-refractivity contribution in [1.29, 1.82) is 0 Å². The van der Waals surface area contributed by atoms with Crippen LogP contribution >= 0.6 is 12.6 Å². The Labute approximate surface area is 127 Å². The Balaban J connectivity index is 2.07. The van der Waals surface area contributed by atoms with Gasteiger partial charge >= 0.3 is 0 Å². The van der Waals surface area contributed by atoms with Gasteiger partial charge in [0.1, 0.15) is 0 Å². The summed E-state index contributed by atoms with van der Waals surface area (Å²) in [7, 11) is 0. The number of nitro groups is 1. The topological polar surface area (TPSA) is 72.2 Å². The molecule has 0 fully saturated rings. The first-order chi connectivity index (χ1) is 9.95. The average Bonchev–Trinajstić information content (AvgIpc) is 2.43. The number of rotatable bonds is 4. The van der Waals surface area contributed by atoms with E-state index in [0.717, 1.165) is 10.5 Å². The van der Waals surface area contributed by atoms with E-state index in [9.17, 15) is 14.9 Å². The van der Waals surface area contributed by atoms with Crippen molar-refractivity contribution in [3.63, 3.8) is 0 Å². The van der Waals surface area contributed by atoms with Crippen molar-refractivity contribution in [2.75, 3.05) is 5.32 Å². The highest BCUT2D eigenvalue weighted by atomic mass is 32.1. The number of anilines is 1. The summed E-state index contributed by atoms with van der Waals surface area (Å²) >= 11 is 4.18. The van der Waals surface area contributed by atoms with Crippen molar-refractivity contribution in [2.24, 2.45) is 0 Å².